The molecule has 3 N–H and O–H groups in total. The zero-order valence-corrected chi connectivity index (χ0v) is 20.5. The van der Waals surface area contributed by atoms with E-state index in [-0.39, 0.29) is 11.9 Å². The molecule has 0 aliphatic carbocycles. The maximum atomic E-state index is 12.8. The Bertz CT molecular complexity index is 1160. The van der Waals surface area contributed by atoms with Crippen molar-refractivity contribution in [1.82, 2.24) is 15.3 Å². The third-order valence-electron chi connectivity index (χ3n) is 5.37. The maximum absolute atomic E-state index is 12.8. The van der Waals surface area contributed by atoms with Crippen molar-refractivity contribution in [1.29, 1.82) is 0 Å². The van der Waals surface area contributed by atoms with Gasteiger partial charge in [-0.3, -0.25) is 4.79 Å². The lowest BCUT2D eigenvalue weighted by Gasteiger charge is -2.36. The topological polar surface area (TPSA) is 99.3 Å². The van der Waals surface area contributed by atoms with Crippen LogP contribution in [0.15, 0.2) is 47.2 Å². The van der Waals surface area contributed by atoms with E-state index in [2.05, 4.69) is 41.4 Å². The van der Waals surface area contributed by atoms with Crippen LogP contribution < -0.4 is 15.5 Å². The molecule has 2 aromatic heterocycles. The van der Waals surface area contributed by atoms with E-state index in [1.165, 1.54) is 0 Å². The zero-order valence-electron chi connectivity index (χ0n) is 18.9. The van der Waals surface area contributed by atoms with Crippen molar-refractivity contribution in [2.75, 3.05) is 23.3 Å². The summed E-state index contributed by atoms with van der Waals surface area (Å²) in [5, 5.41) is 6.83. The van der Waals surface area contributed by atoms with Gasteiger partial charge in [0.2, 0.25) is 0 Å². The molecule has 0 bridgehead atoms. The number of hydrogen-bond donors (Lipinski definition) is 3. The summed E-state index contributed by atoms with van der Waals surface area (Å²) in [6, 6.07) is 9.04. The van der Waals surface area contributed by atoms with Crippen LogP contribution >= 0.6 is 15.9 Å². The number of alkyl carbamates (subject to hydrolysis) is 1. The van der Waals surface area contributed by atoms with Crippen molar-refractivity contribution in [2.24, 2.45) is 0 Å². The number of aromatic amines is 1. The van der Waals surface area contributed by atoms with Gasteiger partial charge < -0.3 is 25.3 Å². The molecule has 1 atom stereocenters. The van der Waals surface area contributed by atoms with E-state index in [0.29, 0.717) is 23.4 Å². The normalized spacial score (nSPS) is 16.5. The number of nitrogens with one attached hydrogen (secondary N) is 3. The molecule has 33 heavy (non-hydrogen) atoms. The molecule has 1 aliphatic rings. The number of aromatic nitrogens is 2. The van der Waals surface area contributed by atoms with Gasteiger partial charge in [-0.15, -0.1) is 0 Å². The Morgan fingerprint density at radius 3 is 2.73 bits per heavy atom. The Balaban J connectivity index is 1.59. The van der Waals surface area contributed by atoms with Gasteiger partial charge in [-0.2, -0.15) is 0 Å². The Kier molecular flexibility index (Phi) is 6.60. The molecule has 3 aromatic rings. The average Bonchev–Trinajstić information content (AvgIpc) is 3.15. The van der Waals surface area contributed by atoms with Crippen LogP contribution in [0.5, 0.6) is 0 Å². The summed E-state index contributed by atoms with van der Waals surface area (Å²) >= 11 is 3.65. The number of hydrogen-bond acceptors (Lipinski definition) is 5. The fraction of sp³-hybridized carbons (Fsp3) is 0.375. The third kappa shape index (κ3) is 5.47. The summed E-state index contributed by atoms with van der Waals surface area (Å²) < 4.78 is 6.25. The van der Waals surface area contributed by atoms with Crippen LogP contribution in [0.1, 0.15) is 44.0 Å². The van der Waals surface area contributed by atoms with Crippen molar-refractivity contribution in [3.05, 3.63) is 52.8 Å². The van der Waals surface area contributed by atoms with Gasteiger partial charge >= 0.3 is 6.09 Å². The Hall–Kier alpha value is -3.07. The summed E-state index contributed by atoms with van der Waals surface area (Å²) in [5.41, 5.74) is 2.30. The number of piperidine rings is 1. The third-order valence-corrected chi connectivity index (χ3v) is 5.95. The highest BCUT2D eigenvalue weighted by molar-refractivity contribution is 9.10. The lowest BCUT2D eigenvalue weighted by Crippen LogP contribution is -2.49. The lowest BCUT2D eigenvalue weighted by molar-refractivity contribution is 0.0500. The van der Waals surface area contributed by atoms with E-state index in [1.54, 1.807) is 24.5 Å². The molecular formula is C24H28BrN5O3. The Morgan fingerprint density at radius 1 is 1.24 bits per heavy atom. The Morgan fingerprint density at radius 2 is 2.00 bits per heavy atom. The predicted octanol–water partition coefficient (Wildman–Crippen LogP) is 5.07. The number of amides is 2. The van der Waals surface area contributed by atoms with E-state index in [1.807, 2.05) is 39.0 Å². The van der Waals surface area contributed by atoms with Gasteiger partial charge in [0.25, 0.3) is 5.91 Å². The van der Waals surface area contributed by atoms with E-state index < -0.39 is 11.7 Å². The van der Waals surface area contributed by atoms with Crippen molar-refractivity contribution >= 4 is 50.3 Å². The molecule has 4 rings (SSSR count). The fourth-order valence-corrected chi connectivity index (χ4v) is 4.57. The van der Waals surface area contributed by atoms with Crippen molar-refractivity contribution < 1.29 is 14.3 Å². The highest BCUT2D eigenvalue weighted by atomic mass is 79.9. The molecule has 0 saturated carbocycles. The van der Waals surface area contributed by atoms with E-state index in [0.717, 1.165) is 34.9 Å². The van der Waals surface area contributed by atoms with Gasteiger partial charge in [0.1, 0.15) is 11.2 Å². The first kappa shape index (κ1) is 23.1. The molecule has 1 fully saturated rings. The number of carbonyl (C=O) groups is 2. The summed E-state index contributed by atoms with van der Waals surface area (Å²) in [6.07, 6.45) is 4.88. The number of anilines is 2. The summed E-state index contributed by atoms with van der Waals surface area (Å²) in [5.74, 6) is -0.189. The second-order valence-corrected chi connectivity index (χ2v) is 9.99. The molecule has 8 nitrogen and oxygen atoms in total. The van der Waals surface area contributed by atoms with Crippen molar-refractivity contribution in [2.45, 2.75) is 45.3 Å². The molecule has 2 amide bonds. The number of pyridine rings is 1. The predicted molar refractivity (Wildman–Crippen MR) is 133 cm³/mol. The molecule has 3 heterocycles. The molecule has 174 valence electrons. The second kappa shape index (κ2) is 9.43. The summed E-state index contributed by atoms with van der Waals surface area (Å²) in [4.78, 5) is 34.9. The van der Waals surface area contributed by atoms with Crippen LogP contribution in [-0.4, -0.2) is 46.7 Å². The first-order chi connectivity index (χ1) is 15.7. The minimum Gasteiger partial charge on any atom is -0.444 e. The number of carbonyl (C=O) groups excluding carboxylic acids is 2. The molecule has 1 unspecified atom stereocenters. The SMILES string of the molecule is CC(C)(C)OC(=O)NC1CCCN(c2c(Br)cnc3[nH]cc(NC(=O)c4ccccc4)c23)C1. The molecule has 1 aliphatic heterocycles. The van der Waals surface area contributed by atoms with Gasteiger partial charge in [0, 0.05) is 37.1 Å². The molecule has 1 aromatic carbocycles. The number of ether oxygens (including phenoxy) is 1. The first-order valence-corrected chi connectivity index (χ1v) is 11.8. The van der Waals surface area contributed by atoms with E-state index >= 15 is 0 Å². The van der Waals surface area contributed by atoms with Crippen LogP contribution in [0, 0.1) is 0 Å². The van der Waals surface area contributed by atoms with Crippen LogP contribution in [0.2, 0.25) is 0 Å². The lowest BCUT2D eigenvalue weighted by atomic mass is 10.0. The highest BCUT2D eigenvalue weighted by Crippen LogP contribution is 2.39. The average molecular weight is 514 g/mol. The fourth-order valence-electron chi connectivity index (χ4n) is 4.02. The minimum absolute atomic E-state index is 0.0509. The number of fused-ring (bicyclic) bond motifs is 1. The highest BCUT2D eigenvalue weighted by Gasteiger charge is 2.27. The quantitative estimate of drug-likeness (QED) is 0.452. The molecule has 9 heteroatoms. The standard InChI is InChI=1S/C24H28BrN5O3/c1-24(2,3)33-23(32)28-16-10-7-11-30(14-16)20-17(25)12-26-21-19(20)18(13-27-21)29-22(31)15-8-5-4-6-9-15/h4-6,8-9,12-13,16H,7,10-11,14H2,1-3H3,(H,26,27)(H,28,32)(H,29,31). The minimum atomic E-state index is -0.546. The van der Waals surface area contributed by atoms with E-state index in [9.17, 15) is 9.59 Å². The first-order valence-electron chi connectivity index (χ1n) is 11.0. The van der Waals surface area contributed by atoms with Gasteiger partial charge in [-0.05, 0) is 61.7 Å². The zero-order chi connectivity index (χ0) is 23.6. The van der Waals surface area contributed by atoms with Crippen LogP contribution in [0.25, 0.3) is 11.0 Å². The number of H-pyrrole nitrogens is 1. The Labute approximate surface area is 201 Å². The molecule has 0 spiro atoms. The smallest absolute Gasteiger partial charge is 0.407 e. The monoisotopic (exact) mass is 513 g/mol. The molecule has 0 radical (unpaired) electrons. The summed E-state index contributed by atoms with van der Waals surface area (Å²) in [7, 11) is 0. The second-order valence-electron chi connectivity index (χ2n) is 9.13. The molecule has 1 saturated heterocycles. The summed E-state index contributed by atoms with van der Waals surface area (Å²) in [6.45, 7) is 6.99. The largest absolute Gasteiger partial charge is 0.444 e. The van der Waals surface area contributed by atoms with Crippen molar-refractivity contribution in [3.63, 3.8) is 0 Å². The maximum Gasteiger partial charge on any atom is 0.407 e. The number of nitrogens with zero attached hydrogens (tertiary/aromatic N) is 2. The van der Waals surface area contributed by atoms with Crippen LogP contribution in [0.3, 0.4) is 0 Å². The van der Waals surface area contributed by atoms with Crippen LogP contribution in [-0.2, 0) is 4.74 Å². The number of benzene rings is 1. The van der Waals surface area contributed by atoms with Gasteiger partial charge in [0.15, 0.2) is 0 Å². The van der Waals surface area contributed by atoms with Gasteiger partial charge in [0.05, 0.1) is 21.2 Å². The van der Waals surface area contributed by atoms with E-state index in [4.69, 9.17) is 4.74 Å². The number of rotatable bonds is 4. The van der Waals surface area contributed by atoms with Crippen molar-refractivity contribution in [3.8, 4) is 0 Å². The van der Waals surface area contributed by atoms with Gasteiger partial charge in [-0.25, -0.2) is 9.78 Å². The van der Waals surface area contributed by atoms with Crippen LogP contribution in [0.4, 0.5) is 16.2 Å². The number of halogens is 1. The molecular weight excluding hydrogens is 486 g/mol. The van der Waals surface area contributed by atoms with Gasteiger partial charge in [-0.1, -0.05) is 18.2 Å².